The maximum Gasteiger partial charge on any atom is 0.317 e. The molecule has 0 unspecified atom stereocenters. The molecule has 21 heavy (non-hydrogen) atoms. The normalized spacial score (nSPS) is 13.7. The maximum absolute atomic E-state index is 13.1. The topological polar surface area (TPSA) is 52.6 Å². The fraction of sp³-hybridized carbons (Fsp3) is 0.500. The van der Waals surface area contributed by atoms with Gasteiger partial charge in [-0.15, -0.1) is 0 Å². The molecule has 0 fully saturated rings. The van der Waals surface area contributed by atoms with Crippen LogP contribution in [0.1, 0.15) is 31.9 Å². The number of nitrogens with one attached hydrogen (secondary N) is 1. The van der Waals surface area contributed by atoms with Gasteiger partial charge in [0.1, 0.15) is 0 Å². The summed E-state index contributed by atoms with van der Waals surface area (Å²) in [4.78, 5) is 13.2. The number of urea groups is 1. The predicted molar refractivity (Wildman–Crippen MR) is 72.2 cm³/mol. The van der Waals surface area contributed by atoms with Crippen molar-refractivity contribution in [1.29, 1.82) is 0 Å². The molecule has 1 aromatic rings. The van der Waals surface area contributed by atoms with Crippen molar-refractivity contribution in [3.63, 3.8) is 0 Å². The molecular formula is C14H19F3N2O2. The smallest absolute Gasteiger partial charge is 0.317 e. The summed E-state index contributed by atoms with van der Waals surface area (Å²) < 4.78 is 39.2. The summed E-state index contributed by atoms with van der Waals surface area (Å²) in [5, 5.41) is 11.7. The number of carbonyl (C=O) groups is 1. The number of hydrogen-bond acceptors (Lipinski definition) is 2. The van der Waals surface area contributed by atoms with Gasteiger partial charge in [0.15, 0.2) is 17.5 Å². The lowest BCUT2D eigenvalue weighted by atomic mass is 10.1. The molecule has 1 aromatic carbocycles. The summed E-state index contributed by atoms with van der Waals surface area (Å²) in [5.74, 6) is -4.13. The SMILES string of the molecule is C[C@@H](O)CCN(C)C(=O)N[C@H](C)c1cc(F)c(F)c(F)c1. The average molecular weight is 304 g/mol. The van der Waals surface area contributed by atoms with Gasteiger partial charge in [0.05, 0.1) is 12.1 Å². The van der Waals surface area contributed by atoms with E-state index in [9.17, 15) is 18.0 Å². The first-order valence-electron chi connectivity index (χ1n) is 6.56. The van der Waals surface area contributed by atoms with E-state index in [2.05, 4.69) is 5.32 Å². The molecule has 4 nitrogen and oxygen atoms in total. The Morgan fingerprint density at radius 1 is 1.29 bits per heavy atom. The van der Waals surface area contributed by atoms with Crippen molar-refractivity contribution in [3.8, 4) is 0 Å². The van der Waals surface area contributed by atoms with Crippen LogP contribution in [-0.4, -0.2) is 35.7 Å². The van der Waals surface area contributed by atoms with Crippen LogP contribution in [0.5, 0.6) is 0 Å². The van der Waals surface area contributed by atoms with E-state index < -0.39 is 35.6 Å². The summed E-state index contributed by atoms with van der Waals surface area (Å²) in [6, 6.07) is 0.558. The second-order valence-corrected chi connectivity index (χ2v) is 5.03. The molecule has 2 amide bonds. The highest BCUT2D eigenvalue weighted by Gasteiger charge is 2.17. The zero-order valence-corrected chi connectivity index (χ0v) is 12.2. The first kappa shape index (κ1) is 17.3. The van der Waals surface area contributed by atoms with Crippen molar-refractivity contribution < 1.29 is 23.1 Å². The van der Waals surface area contributed by atoms with E-state index in [0.29, 0.717) is 13.0 Å². The second kappa shape index (κ2) is 7.31. The minimum absolute atomic E-state index is 0.128. The zero-order chi connectivity index (χ0) is 16.2. The van der Waals surface area contributed by atoms with Gasteiger partial charge in [-0.1, -0.05) is 0 Å². The Bertz CT molecular complexity index is 486. The maximum atomic E-state index is 13.1. The molecule has 0 aliphatic carbocycles. The first-order chi connectivity index (χ1) is 9.72. The van der Waals surface area contributed by atoms with E-state index in [0.717, 1.165) is 12.1 Å². The van der Waals surface area contributed by atoms with Gasteiger partial charge in [0.25, 0.3) is 0 Å². The van der Waals surface area contributed by atoms with Gasteiger partial charge < -0.3 is 15.3 Å². The molecule has 0 aromatic heterocycles. The van der Waals surface area contributed by atoms with Crippen LogP contribution in [0.4, 0.5) is 18.0 Å². The Morgan fingerprint density at radius 3 is 2.29 bits per heavy atom. The van der Waals surface area contributed by atoms with Crippen LogP contribution in [0.15, 0.2) is 12.1 Å². The molecule has 0 saturated carbocycles. The molecular weight excluding hydrogens is 285 g/mol. The number of carbonyl (C=O) groups excluding carboxylic acids is 1. The molecule has 0 heterocycles. The van der Waals surface area contributed by atoms with Crippen molar-refractivity contribution in [3.05, 3.63) is 35.1 Å². The second-order valence-electron chi connectivity index (χ2n) is 5.03. The molecule has 118 valence electrons. The average Bonchev–Trinajstić information content (AvgIpc) is 2.41. The summed E-state index contributed by atoms with van der Waals surface area (Å²) in [6.45, 7) is 3.48. The number of aliphatic hydroxyl groups excluding tert-OH is 1. The van der Waals surface area contributed by atoms with Crippen molar-refractivity contribution >= 4 is 6.03 Å². The Morgan fingerprint density at radius 2 is 1.81 bits per heavy atom. The molecule has 0 saturated heterocycles. The molecule has 7 heteroatoms. The van der Waals surface area contributed by atoms with Gasteiger partial charge in [-0.2, -0.15) is 0 Å². The summed E-state index contributed by atoms with van der Waals surface area (Å²) in [7, 11) is 1.54. The lowest BCUT2D eigenvalue weighted by molar-refractivity contribution is 0.162. The van der Waals surface area contributed by atoms with Gasteiger partial charge in [-0.3, -0.25) is 0 Å². The number of halogens is 3. The van der Waals surface area contributed by atoms with Crippen LogP contribution in [-0.2, 0) is 0 Å². The Hall–Kier alpha value is -1.76. The monoisotopic (exact) mass is 304 g/mol. The third-order valence-electron chi connectivity index (χ3n) is 3.08. The number of nitrogens with zero attached hydrogens (tertiary/aromatic N) is 1. The van der Waals surface area contributed by atoms with Crippen molar-refractivity contribution in [2.45, 2.75) is 32.4 Å². The minimum atomic E-state index is -1.54. The van der Waals surface area contributed by atoms with Crippen LogP contribution in [0.2, 0.25) is 0 Å². The third-order valence-corrected chi connectivity index (χ3v) is 3.08. The molecule has 1 rings (SSSR count). The van der Waals surface area contributed by atoms with Crippen molar-refractivity contribution in [2.75, 3.05) is 13.6 Å². The van der Waals surface area contributed by atoms with E-state index in [-0.39, 0.29) is 5.56 Å². The van der Waals surface area contributed by atoms with Gasteiger partial charge in [0, 0.05) is 13.6 Å². The van der Waals surface area contributed by atoms with Gasteiger partial charge in [-0.25, -0.2) is 18.0 Å². The van der Waals surface area contributed by atoms with E-state index in [1.54, 1.807) is 6.92 Å². The van der Waals surface area contributed by atoms with E-state index in [1.807, 2.05) is 0 Å². The summed E-state index contributed by atoms with van der Waals surface area (Å²) >= 11 is 0. The first-order valence-corrected chi connectivity index (χ1v) is 6.56. The zero-order valence-electron chi connectivity index (χ0n) is 12.2. The lowest BCUT2D eigenvalue weighted by Crippen LogP contribution is -2.39. The van der Waals surface area contributed by atoms with Crippen LogP contribution >= 0.6 is 0 Å². The fourth-order valence-corrected chi connectivity index (χ4v) is 1.69. The molecule has 0 bridgehead atoms. The van der Waals surface area contributed by atoms with Gasteiger partial charge >= 0.3 is 6.03 Å². The minimum Gasteiger partial charge on any atom is -0.393 e. The third kappa shape index (κ3) is 4.93. The molecule has 2 N–H and O–H groups in total. The number of rotatable bonds is 5. The molecule has 0 aliphatic rings. The van der Waals surface area contributed by atoms with Crippen LogP contribution in [0, 0.1) is 17.5 Å². The van der Waals surface area contributed by atoms with Gasteiger partial charge in [0.2, 0.25) is 0 Å². The van der Waals surface area contributed by atoms with Crippen molar-refractivity contribution in [2.24, 2.45) is 0 Å². The largest absolute Gasteiger partial charge is 0.393 e. The molecule has 2 atom stereocenters. The van der Waals surface area contributed by atoms with Crippen LogP contribution in [0.25, 0.3) is 0 Å². The Balaban J connectivity index is 2.68. The highest BCUT2D eigenvalue weighted by atomic mass is 19.2. The standard InChI is InChI=1S/C14H19F3N2O2/c1-8(20)4-5-19(3)14(21)18-9(2)10-6-11(15)13(17)12(16)7-10/h6-9,20H,4-5H2,1-3H3,(H,18,21)/t8-,9-/m1/s1. The summed E-state index contributed by atoms with van der Waals surface area (Å²) in [5.41, 5.74) is 0.128. The van der Waals surface area contributed by atoms with E-state index >= 15 is 0 Å². The number of hydrogen-bond donors (Lipinski definition) is 2. The number of benzene rings is 1. The lowest BCUT2D eigenvalue weighted by Gasteiger charge is -2.22. The van der Waals surface area contributed by atoms with E-state index in [4.69, 9.17) is 5.11 Å². The van der Waals surface area contributed by atoms with Crippen LogP contribution in [0.3, 0.4) is 0 Å². The fourth-order valence-electron chi connectivity index (χ4n) is 1.69. The number of aliphatic hydroxyl groups is 1. The highest BCUT2D eigenvalue weighted by Crippen LogP contribution is 2.19. The Kier molecular flexibility index (Phi) is 6.02. The molecule has 0 aliphatic heterocycles. The molecule has 0 radical (unpaired) electrons. The predicted octanol–water partition coefficient (Wildman–Crippen LogP) is 2.58. The molecule has 0 spiro atoms. The van der Waals surface area contributed by atoms with Crippen LogP contribution < -0.4 is 5.32 Å². The number of amides is 2. The van der Waals surface area contributed by atoms with Crippen molar-refractivity contribution in [1.82, 2.24) is 10.2 Å². The summed E-state index contributed by atoms with van der Waals surface area (Å²) in [6.07, 6.45) is -0.115. The quantitative estimate of drug-likeness (QED) is 0.822. The Labute approximate surface area is 121 Å². The van der Waals surface area contributed by atoms with Gasteiger partial charge in [-0.05, 0) is 38.0 Å². The van der Waals surface area contributed by atoms with E-state index in [1.165, 1.54) is 18.9 Å². The highest BCUT2D eigenvalue weighted by molar-refractivity contribution is 5.74.